The second kappa shape index (κ2) is 2.34. The molecule has 0 aliphatic heterocycles. The number of nitrogen functional groups attached to an aromatic ring is 1. The van der Waals surface area contributed by atoms with Gasteiger partial charge in [0, 0.05) is 5.69 Å². The molecule has 0 unspecified atom stereocenters. The molecule has 1 heterocycles. The van der Waals surface area contributed by atoms with Gasteiger partial charge in [0.05, 0.1) is 5.39 Å². The summed E-state index contributed by atoms with van der Waals surface area (Å²) in [7, 11) is 0. The van der Waals surface area contributed by atoms with E-state index >= 15 is 0 Å². The molecule has 0 fully saturated rings. The molecular formula is C8H7N3O. The fraction of sp³-hybridized carbons (Fsp3) is 0. The summed E-state index contributed by atoms with van der Waals surface area (Å²) < 4.78 is 0.717. The molecule has 0 spiro atoms. The summed E-state index contributed by atoms with van der Waals surface area (Å²) in [5.74, 6) is 0. The van der Waals surface area contributed by atoms with Gasteiger partial charge in [-0.3, -0.25) is 0 Å². The summed E-state index contributed by atoms with van der Waals surface area (Å²) in [4.78, 5) is 3.75. The maximum Gasteiger partial charge on any atom is 0.289 e. The number of aromatic nitrogens is 2. The zero-order chi connectivity index (χ0) is 8.55. The zero-order valence-corrected chi connectivity index (χ0v) is 6.27. The van der Waals surface area contributed by atoms with Crippen LogP contribution in [0.5, 0.6) is 0 Å². The van der Waals surface area contributed by atoms with Crippen molar-refractivity contribution < 1.29 is 4.73 Å². The minimum Gasteiger partial charge on any atom is -0.710 e. The molecule has 0 bridgehead atoms. The third-order valence-corrected chi connectivity index (χ3v) is 1.67. The number of fused-ring (bicyclic) bond motifs is 1. The Bertz CT molecular complexity index is 428. The van der Waals surface area contributed by atoms with Crippen LogP contribution < -0.4 is 10.5 Å². The molecule has 2 N–H and O–H groups in total. The predicted octanol–water partition coefficient (Wildman–Crippen LogP) is 0.450. The SMILES string of the molecule is Nc1ccc2c(cnc[n+]2[O-])c1. The van der Waals surface area contributed by atoms with Gasteiger partial charge in [-0.05, 0) is 18.2 Å². The summed E-state index contributed by atoms with van der Waals surface area (Å²) in [6.07, 6.45) is 2.83. The molecule has 0 saturated carbocycles. The highest BCUT2D eigenvalue weighted by molar-refractivity contribution is 5.78. The summed E-state index contributed by atoms with van der Waals surface area (Å²) >= 11 is 0. The van der Waals surface area contributed by atoms with Crippen LogP contribution in [0.4, 0.5) is 5.69 Å². The third kappa shape index (κ3) is 0.934. The lowest BCUT2D eigenvalue weighted by Crippen LogP contribution is -2.26. The molecule has 2 rings (SSSR count). The van der Waals surface area contributed by atoms with Gasteiger partial charge in [-0.2, -0.15) is 0 Å². The zero-order valence-electron chi connectivity index (χ0n) is 6.27. The lowest BCUT2D eigenvalue weighted by atomic mass is 10.2. The Morgan fingerprint density at radius 3 is 3.08 bits per heavy atom. The molecule has 4 nitrogen and oxygen atoms in total. The second-order valence-corrected chi connectivity index (χ2v) is 2.54. The van der Waals surface area contributed by atoms with E-state index < -0.39 is 0 Å². The van der Waals surface area contributed by atoms with Crippen LogP contribution in [0, 0.1) is 5.21 Å². The number of hydrogen-bond acceptors (Lipinski definition) is 3. The second-order valence-electron chi connectivity index (χ2n) is 2.54. The van der Waals surface area contributed by atoms with E-state index in [4.69, 9.17) is 5.73 Å². The lowest BCUT2D eigenvalue weighted by molar-refractivity contribution is -0.580. The first-order valence-electron chi connectivity index (χ1n) is 3.50. The van der Waals surface area contributed by atoms with Crippen LogP contribution in [0.25, 0.3) is 10.9 Å². The van der Waals surface area contributed by atoms with Crippen molar-refractivity contribution in [1.29, 1.82) is 0 Å². The number of nitrogens with two attached hydrogens (primary N) is 1. The highest BCUT2D eigenvalue weighted by Gasteiger charge is 2.00. The highest BCUT2D eigenvalue weighted by Crippen LogP contribution is 2.11. The first-order chi connectivity index (χ1) is 5.77. The monoisotopic (exact) mass is 161 g/mol. The van der Waals surface area contributed by atoms with Crippen LogP contribution in [-0.4, -0.2) is 4.98 Å². The van der Waals surface area contributed by atoms with E-state index in [2.05, 4.69) is 4.98 Å². The molecule has 0 atom stereocenters. The van der Waals surface area contributed by atoms with Gasteiger partial charge in [0.15, 0.2) is 6.20 Å². The summed E-state index contributed by atoms with van der Waals surface area (Å²) in [5.41, 5.74) is 6.75. The molecule has 0 amide bonds. The molecule has 12 heavy (non-hydrogen) atoms. The summed E-state index contributed by atoms with van der Waals surface area (Å²) in [6, 6.07) is 5.09. The van der Waals surface area contributed by atoms with Gasteiger partial charge in [0.25, 0.3) is 6.33 Å². The Morgan fingerprint density at radius 1 is 1.42 bits per heavy atom. The topological polar surface area (TPSA) is 65.8 Å². The highest BCUT2D eigenvalue weighted by atomic mass is 16.5. The number of rotatable bonds is 0. The van der Waals surface area contributed by atoms with Crippen LogP contribution in [-0.2, 0) is 0 Å². The largest absolute Gasteiger partial charge is 0.710 e. The third-order valence-electron chi connectivity index (χ3n) is 1.67. The van der Waals surface area contributed by atoms with Gasteiger partial charge < -0.3 is 10.9 Å². The maximum atomic E-state index is 11.1. The average Bonchev–Trinajstić information content (AvgIpc) is 2.04. The van der Waals surface area contributed by atoms with Crippen molar-refractivity contribution in [3.05, 3.63) is 35.9 Å². The van der Waals surface area contributed by atoms with Crippen molar-refractivity contribution in [3.8, 4) is 0 Å². The molecule has 1 aromatic heterocycles. The Hall–Kier alpha value is -1.84. The summed E-state index contributed by atoms with van der Waals surface area (Å²) in [6.45, 7) is 0. The fourth-order valence-electron chi connectivity index (χ4n) is 1.11. The standard InChI is InChI=1S/C8H7N3O/c9-7-1-2-8-6(3-7)4-10-5-11(8)12/h1-5H,9H2. The smallest absolute Gasteiger partial charge is 0.289 e. The van der Waals surface area contributed by atoms with E-state index in [0.717, 1.165) is 10.1 Å². The van der Waals surface area contributed by atoms with Gasteiger partial charge in [-0.1, -0.05) is 4.98 Å². The molecule has 0 radical (unpaired) electrons. The Balaban J connectivity index is 2.86. The van der Waals surface area contributed by atoms with Crippen LogP contribution in [0.2, 0.25) is 0 Å². The molecule has 0 saturated heterocycles. The number of anilines is 1. The minimum atomic E-state index is 0.583. The maximum absolute atomic E-state index is 11.1. The van der Waals surface area contributed by atoms with Crippen LogP contribution in [0.3, 0.4) is 0 Å². The van der Waals surface area contributed by atoms with Crippen molar-refractivity contribution in [2.75, 3.05) is 5.73 Å². The minimum absolute atomic E-state index is 0.583. The quantitative estimate of drug-likeness (QED) is 0.346. The molecular weight excluding hydrogens is 154 g/mol. The van der Waals surface area contributed by atoms with Crippen molar-refractivity contribution in [3.63, 3.8) is 0 Å². The Labute approximate surface area is 68.9 Å². The fourth-order valence-corrected chi connectivity index (χ4v) is 1.11. The first-order valence-corrected chi connectivity index (χ1v) is 3.50. The molecule has 0 aliphatic carbocycles. The average molecular weight is 161 g/mol. The van der Waals surface area contributed by atoms with E-state index in [-0.39, 0.29) is 0 Å². The van der Waals surface area contributed by atoms with Crippen molar-refractivity contribution in [1.82, 2.24) is 4.98 Å². The van der Waals surface area contributed by atoms with Crippen molar-refractivity contribution >= 4 is 16.6 Å². The van der Waals surface area contributed by atoms with Crippen molar-refractivity contribution in [2.45, 2.75) is 0 Å². The van der Waals surface area contributed by atoms with E-state index in [1.54, 1.807) is 24.4 Å². The first kappa shape index (κ1) is 6.84. The number of nitrogens with zero attached hydrogens (tertiary/aromatic N) is 2. The van der Waals surface area contributed by atoms with Crippen LogP contribution >= 0.6 is 0 Å². The van der Waals surface area contributed by atoms with E-state index in [0.29, 0.717) is 11.2 Å². The van der Waals surface area contributed by atoms with Gasteiger partial charge in [0.1, 0.15) is 5.52 Å². The van der Waals surface area contributed by atoms with Crippen LogP contribution in [0.1, 0.15) is 0 Å². The molecule has 4 heteroatoms. The predicted molar refractivity (Wildman–Crippen MR) is 45.1 cm³/mol. The summed E-state index contributed by atoms with van der Waals surface area (Å²) in [5, 5.41) is 11.9. The van der Waals surface area contributed by atoms with Gasteiger partial charge in [-0.15, -0.1) is 0 Å². The molecule has 2 aromatic rings. The van der Waals surface area contributed by atoms with E-state index in [1.807, 2.05) is 0 Å². The van der Waals surface area contributed by atoms with Crippen molar-refractivity contribution in [2.24, 2.45) is 0 Å². The lowest BCUT2D eigenvalue weighted by Gasteiger charge is -2.03. The van der Waals surface area contributed by atoms with E-state index in [9.17, 15) is 5.21 Å². The molecule has 60 valence electrons. The number of hydrogen-bond donors (Lipinski definition) is 1. The Morgan fingerprint density at radius 2 is 2.25 bits per heavy atom. The van der Waals surface area contributed by atoms with Gasteiger partial charge in [0.2, 0.25) is 0 Å². The normalized spacial score (nSPS) is 10.3. The number of benzene rings is 1. The van der Waals surface area contributed by atoms with Gasteiger partial charge in [-0.25, -0.2) is 4.73 Å². The van der Waals surface area contributed by atoms with Crippen LogP contribution in [0.15, 0.2) is 30.7 Å². The molecule has 1 aromatic carbocycles. The van der Waals surface area contributed by atoms with Gasteiger partial charge >= 0.3 is 0 Å². The van der Waals surface area contributed by atoms with E-state index in [1.165, 1.54) is 6.33 Å². The Kier molecular flexibility index (Phi) is 1.33. The molecule has 0 aliphatic rings.